The van der Waals surface area contributed by atoms with Crippen LogP contribution in [0.4, 0.5) is 0 Å². The van der Waals surface area contributed by atoms with E-state index in [2.05, 4.69) is 10.3 Å². The van der Waals surface area contributed by atoms with Crippen molar-refractivity contribution in [3.63, 3.8) is 0 Å². The highest BCUT2D eigenvalue weighted by Gasteiger charge is 2.23. The molecule has 0 spiro atoms. The number of oxazole rings is 1. The van der Waals surface area contributed by atoms with Gasteiger partial charge in [0.1, 0.15) is 18.1 Å². The molecule has 1 aromatic carbocycles. The molecule has 3 rings (SSSR count). The molecule has 27 heavy (non-hydrogen) atoms. The van der Waals surface area contributed by atoms with Crippen LogP contribution in [0.3, 0.4) is 0 Å². The second kappa shape index (κ2) is 8.61. The third kappa shape index (κ3) is 4.60. The standard InChI is InChI=1S/C19H18N2O5S/c1-12-15(21-18(26-12)16-8-5-9-27-16)11-25-19(24)14(10-22)20-17(23)13-6-3-2-4-7-13/h2-9,14,22H,10-11H2,1H3,(H,20,23)/t14-/m1/s1. The number of nitrogens with zero attached hydrogens (tertiary/aromatic N) is 1. The number of benzene rings is 1. The number of hydrogen-bond acceptors (Lipinski definition) is 7. The Morgan fingerprint density at radius 2 is 2.04 bits per heavy atom. The first-order valence-corrected chi connectivity index (χ1v) is 9.10. The van der Waals surface area contributed by atoms with Crippen molar-refractivity contribution in [3.05, 3.63) is 64.9 Å². The molecule has 0 saturated heterocycles. The van der Waals surface area contributed by atoms with E-state index < -0.39 is 24.5 Å². The number of aryl methyl sites for hydroxylation is 1. The van der Waals surface area contributed by atoms with Gasteiger partial charge in [0, 0.05) is 5.56 Å². The van der Waals surface area contributed by atoms with Crippen LogP contribution in [0.5, 0.6) is 0 Å². The summed E-state index contributed by atoms with van der Waals surface area (Å²) in [6.45, 7) is 1.04. The highest BCUT2D eigenvalue weighted by molar-refractivity contribution is 7.13. The second-order valence-corrected chi connectivity index (χ2v) is 6.63. The van der Waals surface area contributed by atoms with E-state index in [1.54, 1.807) is 37.3 Å². The summed E-state index contributed by atoms with van der Waals surface area (Å²) in [7, 11) is 0. The Labute approximate surface area is 159 Å². The Balaban J connectivity index is 1.60. The Hall–Kier alpha value is -2.97. The highest BCUT2D eigenvalue weighted by atomic mass is 32.1. The Kier molecular flexibility index (Phi) is 6.00. The molecule has 1 amide bonds. The quantitative estimate of drug-likeness (QED) is 0.605. The Bertz CT molecular complexity index is 906. The van der Waals surface area contributed by atoms with Gasteiger partial charge in [-0.2, -0.15) is 0 Å². The van der Waals surface area contributed by atoms with Crippen molar-refractivity contribution in [2.24, 2.45) is 0 Å². The maximum Gasteiger partial charge on any atom is 0.331 e. The van der Waals surface area contributed by atoms with Crippen LogP contribution >= 0.6 is 11.3 Å². The van der Waals surface area contributed by atoms with Gasteiger partial charge in [-0.05, 0) is 30.5 Å². The number of carbonyl (C=O) groups excluding carboxylic acids is 2. The largest absolute Gasteiger partial charge is 0.457 e. The first kappa shape index (κ1) is 18.8. The number of aliphatic hydroxyl groups excluding tert-OH is 1. The molecule has 0 unspecified atom stereocenters. The van der Waals surface area contributed by atoms with Crippen LogP contribution in [-0.4, -0.2) is 34.6 Å². The van der Waals surface area contributed by atoms with Gasteiger partial charge in [0.2, 0.25) is 5.89 Å². The summed E-state index contributed by atoms with van der Waals surface area (Å²) < 4.78 is 10.8. The molecule has 0 aliphatic heterocycles. The summed E-state index contributed by atoms with van der Waals surface area (Å²) in [6, 6.07) is 11.0. The van der Waals surface area contributed by atoms with Crippen molar-refractivity contribution in [2.75, 3.05) is 6.61 Å². The fraction of sp³-hybridized carbons (Fsp3) is 0.211. The molecule has 0 fully saturated rings. The molecule has 0 aliphatic carbocycles. The Morgan fingerprint density at radius 3 is 2.70 bits per heavy atom. The Morgan fingerprint density at radius 1 is 1.26 bits per heavy atom. The second-order valence-electron chi connectivity index (χ2n) is 5.68. The van der Waals surface area contributed by atoms with Gasteiger partial charge in [0.05, 0.1) is 11.5 Å². The third-order valence-electron chi connectivity index (χ3n) is 3.78. The average molecular weight is 386 g/mol. The minimum absolute atomic E-state index is 0.114. The number of aliphatic hydroxyl groups is 1. The van der Waals surface area contributed by atoms with E-state index in [9.17, 15) is 14.7 Å². The SMILES string of the molecule is Cc1oc(-c2cccs2)nc1COC(=O)[C@@H](CO)NC(=O)c1ccccc1. The van der Waals surface area contributed by atoms with E-state index in [1.807, 2.05) is 17.5 Å². The van der Waals surface area contributed by atoms with Crippen molar-refractivity contribution in [2.45, 2.75) is 19.6 Å². The topological polar surface area (TPSA) is 102 Å². The molecule has 0 bridgehead atoms. The average Bonchev–Trinajstić information content (AvgIpc) is 3.34. The number of amides is 1. The first-order chi connectivity index (χ1) is 13.1. The molecule has 7 nitrogen and oxygen atoms in total. The van der Waals surface area contributed by atoms with Crippen LogP contribution in [0.25, 0.3) is 10.8 Å². The van der Waals surface area contributed by atoms with E-state index in [0.717, 1.165) is 4.88 Å². The van der Waals surface area contributed by atoms with Crippen molar-refractivity contribution in [1.29, 1.82) is 0 Å². The number of carbonyl (C=O) groups is 2. The maximum atomic E-state index is 12.2. The van der Waals surface area contributed by atoms with Gasteiger partial charge in [-0.25, -0.2) is 9.78 Å². The molecule has 0 aliphatic rings. The lowest BCUT2D eigenvalue weighted by molar-refractivity contribution is -0.148. The van der Waals surface area contributed by atoms with E-state index in [-0.39, 0.29) is 6.61 Å². The van der Waals surface area contributed by atoms with E-state index in [0.29, 0.717) is 22.9 Å². The van der Waals surface area contributed by atoms with Gasteiger partial charge < -0.3 is 19.6 Å². The number of hydrogen-bond donors (Lipinski definition) is 2. The van der Waals surface area contributed by atoms with Gasteiger partial charge >= 0.3 is 5.97 Å². The van der Waals surface area contributed by atoms with Crippen molar-refractivity contribution in [3.8, 4) is 10.8 Å². The number of aromatic nitrogens is 1. The summed E-state index contributed by atoms with van der Waals surface area (Å²) in [4.78, 5) is 29.5. The molecule has 1 atom stereocenters. The van der Waals surface area contributed by atoms with Crippen LogP contribution in [0, 0.1) is 6.92 Å². The van der Waals surface area contributed by atoms with Crippen molar-refractivity contribution < 1.29 is 23.8 Å². The summed E-state index contributed by atoms with van der Waals surface area (Å²) in [5.41, 5.74) is 0.870. The summed E-state index contributed by atoms with van der Waals surface area (Å²) in [5.74, 6) is -0.212. The first-order valence-electron chi connectivity index (χ1n) is 8.22. The van der Waals surface area contributed by atoms with Gasteiger partial charge in [-0.3, -0.25) is 4.79 Å². The van der Waals surface area contributed by atoms with Gasteiger partial charge in [0.25, 0.3) is 5.91 Å². The van der Waals surface area contributed by atoms with Gasteiger partial charge in [0.15, 0.2) is 6.04 Å². The van der Waals surface area contributed by atoms with Gasteiger partial charge in [-0.15, -0.1) is 11.3 Å². The smallest absolute Gasteiger partial charge is 0.331 e. The lowest BCUT2D eigenvalue weighted by Gasteiger charge is -2.15. The fourth-order valence-corrected chi connectivity index (χ4v) is 2.97. The van der Waals surface area contributed by atoms with Crippen LogP contribution in [-0.2, 0) is 16.1 Å². The number of ether oxygens (including phenoxy) is 1. The molecule has 0 saturated carbocycles. The number of nitrogens with one attached hydrogen (secondary N) is 1. The number of rotatable bonds is 7. The molecule has 140 valence electrons. The summed E-state index contributed by atoms with van der Waals surface area (Å²) in [5, 5.41) is 13.8. The van der Waals surface area contributed by atoms with Crippen molar-refractivity contribution in [1.82, 2.24) is 10.3 Å². The molecular formula is C19H18N2O5S. The molecule has 0 radical (unpaired) electrons. The summed E-state index contributed by atoms with van der Waals surface area (Å²) >= 11 is 1.49. The zero-order valence-electron chi connectivity index (χ0n) is 14.5. The van der Waals surface area contributed by atoms with Crippen LogP contribution in [0.15, 0.2) is 52.3 Å². The van der Waals surface area contributed by atoms with Gasteiger partial charge in [-0.1, -0.05) is 24.3 Å². The molecule has 8 heteroatoms. The van der Waals surface area contributed by atoms with E-state index >= 15 is 0 Å². The molecular weight excluding hydrogens is 368 g/mol. The zero-order chi connectivity index (χ0) is 19.2. The lowest BCUT2D eigenvalue weighted by Crippen LogP contribution is -2.44. The molecule has 2 aromatic heterocycles. The zero-order valence-corrected chi connectivity index (χ0v) is 15.4. The summed E-state index contributed by atoms with van der Waals surface area (Å²) in [6.07, 6.45) is 0. The van der Waals surface area contributed by atoms with Crippen LogP contribution in [0.1, 0.15) is 21.8 Å². The van der Waals surface area contributed by atoms with E-state index in [1.165, 1.54) is 11.3 Å². The monoisotopic (exact) mass is 386 g/mol. The highest BCUT2D eigenvalue weighted by Crippen LogP contribution is 2.26. The van der Waals surface area contributed by atoms with Crippen LogP contribution < -0.4 is 5.32 Å². The van der Waals surface area contributed by atoms with Crippen LogP contribution in [0.2, 0.25) is 0 Å². The lowest BCUT2D eigenvalue weighted by atomic mass is 10.2. The number of esters is 1. The minimum atomic E-state index is -1.17. The molecule has 2 heterocycles. The fourth-order valence-electron chi connectivity index (χ4n) is 2.32. The predicted octanol–water partition coefficient (Wildman–Crippen LogP) is 2.55. The normalized spacial score (nSPS) is 11.8. The molecule has 2 N–H and O–H groups in total. The number of thiophene rings is 1. The predicted molar refractivity (Wildman–Crippen MR) is 99.1 cm³/mol. The van der Waals surface area contributed by atoms with E-state index in [4.69, 9.17) is 9.15 Å². The molecule has 3 aromatic rings. The third-order valence-corrected chi connectivity index (χ3v) is 4.64. The van der Waals surface area contributed by atoms with Crippen molar-refractivity contribution >= 4 is 23.2 Å². The maximum absolute atomic E-state index is 12.2. The minimum Gasteiger partial charge on any atom is -0.457 e.